The molecule has 0 aliphatic rings. The van der Waals surface area contributed by atoms with Crippen LogP contribution in [0.2, 0.25) is 0 Å². The van der Waals surface area contributed by atoms with Gasteiger partial charge in [0.15, 0.2) is 0 Å². The van der Waals surface area contributed by atoms with Gasteiger partial charge in [-0.1, -0.05) is 86.3 Å². The number of rotatable bonds is 6. The lowest BCUT2D eigenvalue weighted by molar-refractivity contribution is -0.128. The highest BCUT2D eigenvalue weighted by molar-refractivity contribution is 8.13. The Morgan fingerprint density at radius 1 is 1.00 bits per heavy atom. The summed E-state index contributed by atoms with van der Waals surface area (Å²) in [6.45, 7) is 4.15. The average molecular weight is 356 g/mol. The van der Waals surface area contributed by atoms with Crippen LogP contribution in [0.5, 0.6) is 0 Å². The Bertz CT molecular complexity index is 677. The minimum absolute atomic E-state index is 0.147. The molecule has 0 unspecified atom stereocenters. The Hall–Kier alpha value is -2.27. The van der Waals surface area contributed by atoms with Crippen LogP contribution in [0.1, 0.15) is 25.0 Å². The van der Waals surface area contributed by atoms with Crippen molar-refractivity contribution in [1.29, 1.82) is 0 Å². The first-order chi connectivity index (χ1) is 12.1. The molecule has 0 bridgehead atoms. The third-order valence-electron chi connectivity index (χ3n) is 3.75. The van der Waals surface area contributed by atoms with Crippen LogP contribution in [0.3, 0.4) is 0 Å². The number of hydrazine groups is 1. The Morgan fingerprint density at radius 3 is 2.12 bits per heavy atom. The molecule has 0 fully saturated rings. The summed E-state index contributed by atoms with van der Waals surface area (Å²) in [6.07, 6.45) is 0.640. The second-order valence-corrected chi connectivity index (χ2v) is 7.05. The van der Waals surface area contributed by atoms with Gasteiger partial charge in [-0.2, -0.15) is 0 Å². The molecule has 25 heavy (non-hydrogen) atoms. The maximum Gasteiger partial charge on any atom is 0.300 e. The summed E-state index contributed by atoms with van der Waals surface area (Å²) in [7, 11) is 0. The molecule has 0 saturated heterocycles. The van der Waals surface area contributed by atoms with Crippen molar-refractivity contribution >= 4 is 22.9 Å². The molecule has 132 valence electrons. The molecular formula is C20H24N2O2S. The molecule has 2 aromatic carbocycles. The molecule has 0 aliphatic carbocycles. The van der Waals surface area contributed by atoms with Crippen molar-refractivity contribution in [3.05, 3.63) is 71.8 Å². The number of hydrogen-bond acceptors (Lipinski definition) is 3. The van der Waals surface area contributed by atoms with Crippen LogP contribution < -0.4 is 5.43 Å². The molecule has 5 heteroatoms. The summed E-state index contributed by atoms with van der Waals surface area (Å²) in [5.74, 6) is 0.296. The lowest BCUT2D eigenvalue weighted by atomic mass is 10.0. The zero-order chi connectivity index (χ0) is 18.1. The van der Waals surface area contributed by atoms with Gasteiger partial charge in [0, 0.05) is 5.92 Å². The van der Waals surface area contributed by atoms with Crippen molar-refractivity contribution in [3.63, 3.8) is 0 Å². The van der Waals surface area contributed by atoms with E-state index in [1.807, 2.05) is 74.5 Å². The first kappa shape index (κ1) is 19.1. The van der Waals surface area contributed by atoms with E-state index in [2.05, 4.69) is 5.43 Å². The van der Waals surface area contributed by atoms with Crippen LogP contribution in [0.15, 0.2) is 60.7 Å². The first-order valence-electron chi connectivity index (χ1n) is 8.42. The van der Waals surface area contributed by atoms with Crippen LogP contribution in [-0.2, 0) is 17.8 Å². The van der Waals surface area contributed by atoms with Gasteiger partial charge in [0.05, 0.1) is 6.54 Å². The molecule has 2 amide bonds. The van der Waals surface area contributed by atoms with Gasteiger partial charge in [0.25, 0.3) is 5.24 Å². The number of carbonyl (C=O) groups is 2. The lowest BCUT2D eigenvalue weighted by Crippen LogP contribution is -2.46. The highest BCUT2D eigenvalue weighted by atomic mass is 32.2. The largest absolute Gasteiger partial charge is 0.300 e. The van der Waals surface area contributed by atoms with Gasteiger partial charge < -0.3 is 0 Å². The van der Waals surface area contributed by atoms with Gasteiger partial charge >= 0.3 is 0 Å². The summed E-state index contributed by atoms with van der Waals surface area (Å²) in [5, 5.41) is 1.26. The second-order valence-electron chi connectivity index (χ2n) is 5.84. The maximum atomic E-state index is 12.5. The number of hydrogen-bond donors (Lipinski definition) is 1. The summed E-state index contributed by atoms with van der Waals surface area (Å²) in [4.78, 5) is 24.9. The maximum absolute atomic E-state index is 12.5. The molecule has 1 atom stereocenters. The fraction of sp³-hybridized carbons (Fsp3) is 0.300. The Balaban J connectivity index is 2.01. The zero-order valence-corrected chi connectivity index (χ0v) is 15.5. The standard InChI is InChI=1S/C20H24N2O2S/c1-3-25-20(24)22(15-18-12-8-5-9-13-18)21-19(23)16(2)14-17-10-6-4-7-11-17/h4-13,16H,3,14-15H2,1-2H3,(H,21,23)/t16-/m0/s1. The van der Waals surface area contributed by atoms with E-state index >= 15 is 0 Å². The van der Waals surface area contributed by atoms with E-state index in [1.54, 1.807) is 0 Å². The van der Waals surface area contributed by atoms with Crippen molar-refractivity contribution in [1.82, 2.24) is 10.4 Å². The molecule has 1 N–H and O–H groups in total. The van der Waals surface area contributed by atoms with E-state index in [1.165, 1.54) is 16.8 Å². The molecule has 0 saturated carbocycles. The number of thioether (sulfide) groups is 1. The average Bonchev–Trinajstić information content (AvgIpc) is 2.63. The topological polar surface area (TPSA) is 49.4 Å². The minimum Gasteiger partial charge on any atom is -0.273 e. The molecule has 2 rings (SSSR count). The quantitative estimate of drug-likeness (QED) is 0.786. The third kappa shape index (κ3) is 6.27. The molecule has 0 aliphatic heterocycles. The van der Waals surface area contributed by atoms with Gasteiger partial charge in [-0.25, -0.2) is 5.01 Å². The van der Waals surface area contributed by atoms with E-state index < -0.39 is 0 Å². The van der Waals surface area contributed by atoms with Gasteiger partial charge in [-0.05, 0) is 23.3 Å². The second kappa shape index (κ2) is 9.89. The normalized spacial score (nSPS) is 11.6. The predicted molar refractivity (Wildman–Crippen MR) is 103 cm³/mol. The van der Waals surface area contributed by atoms with Gasteiger partial charge in [0.1, 0.15) is 0 Å². The SMILES string of the molecule is CCSC(=O)N(Cc1ccccc1)NC(=O)[C@@H](C)Cc1ccccc1. The van der Waals surface area contributed by atoms with Crippen molar-refractivity contribution < 1.29 is 9.59 Å². The summed E-state index contributed by atoms with van der Waals surface area (Å²) >= 11 is 1.19. The van der Waals surface area contributed by atoms with E-state index in [9.17, 15) is 9.59 Å². The van der Waals surface area contributed by atoms with Gasteiger partial charge in [0.2, 0.25) is 5.91 Å². The molecule has 0 spiro atoms. The number of benzene rings is 2. The van der Waals surface area contributed by atoms with Crippen LogP contribution in [0.4, 0.5) is 4.79 Å². The van der Waals surface area contributed by atoms with Crippen molar-refractivity contribution in [3.8, 4) is 0 Å². The highest BCUT2D eigenvalue weighted by Gasteiger charge is 2.20. The molecule has 0 radical (unpaired) electrons. The van der Waals surface area contributed by atoms with Crippen LogP contribution >= 0.6 is 11.8 Å². The van der Waals surface area contributed by atoms with Crippen molar-refractivity contribution in [2.45, 2.75) is 26.8 Å². The number of nitrogens with one attached hydrogen (secondary N) is 1. The summed E-state index contributed by atoms with van der Waals surface area (Å²) in [6, 6.07) is 19.5. The molecule has 0 aromatic heterocycles. The smallest absolute Gasteiger partial charge is 0.273 e. The van der Waals surface area contributed by atoms with Gasteiger partial charge in [-0.3, -0.25) is 15.0 Å². The zero-order valence-electron chi connectivity index (χ0n) is 14.6. The van der Waals surface area contributed by atoms with E-state index in [0.29, 0.717) is 18.7 Å². The first-order valence-corrected chi connectivity index (χ1v) is 9.41. The Kier molecular flexibility index (Phi) is 7.54. The van der Waals surface area contributed by atoms with E-state index in [4.69, 9.17) is 0 Å². The third-order valence-corrected chi connectivity index (χ3v) is 4.51. The van der Waals surface area contributed by atoms with Crippen molar-refractivity contribution in [2.75, 3.05) is 5.75 Å². The van der Waals surface area contributed by atoms with Crippen LogP contribution in [0.25, 0.3) is 0 Å². The van der Waals surface area contributed by atoms with E-state index in [-0.39, 0.29) is 17.1 Å². The molecule has 4 nitrogen and oxygen atoms in total. The van der Waals surface area contributed by atoms with Crippen molar-refractivity contribution in [2.24, 2.45) is 5.92 Å². The van der Waals surface area contributed by atoms with E-state index in [0.717, 1.165) is 11.1 Å². The molecule has 2 aromatic rings. The minimum atomic E-state index is -0.222. The Labute approximate surface area is 153 Å². The summed E-state index contributed by atoms with van der Waals surface area (Å²) < 4.78 is 0. The summed E-state index contributed by atoms with van der Waals surface area (Å²) in [5.41, 5.74) is 4.88. The van der Waals surface area contributed by atoms with Crippen LogP contribution in [0, 0.1) is 5.92 Å². The number of amides is 2. The lowest BCUT2D eigenvalue weighted by Gasteiger charge is -2.24. The number of nitrogens with zero attached hydrogens (tertiary/aromatic N) is 1. The molecular weight excluding hydrogens is 332 g/mol. The van der Waals surface area contributed by atoms with Crippen LogP contribution in [-0.4, -0.2) is 21.9 Å². The fourth-order valence-electron chi connectivity index (χ4n) is 2.42. The highest BCUT2D eigenvalue weighted by Crippen LogP contribution is 2.13. The monoisotopic (exact) mass is 356 g/mol. The predicted octanol–water partition coefficient (Wildman–Crippen LogP) is 4.27. The molecule has 0 heterocycles. The van der Waals surface area contributed by atoms with Gasteiger partial charge in [-0.15, -0.1) is 0 Å². The fourth-order valence-corrected chi connectivity index (χ4v) is 2.93. The number of carbonyl (C=O) groups excluding carboxylic acids is 2. The Morgan fingerprint density at radius 2 is 1.56 bits per heavy atom.